The van der Waals surface area contributed by atoms with Gasteiger partial charge in [-0.2, -0.15) is 0 Å². The first-order chi connectivity index (χ1) is 8.86. The van der Waals surface area contributed by atoms with E-state index in [0.29, 0.717) is 0 Å². The van der Waals surface area contributed by atoms with E-state index in [1.165, 1.54) is 10.4 Å². The van der Waals surface area contributed by atoms with E-state index in [0.717, 1.165) is 22.9 Å². The predicted octanol–water partition coefficient (Wildman–Crippen LogP) is 4.67. The number of thiazole rings is 1. The van der Waals surface area contributed by atoms with Gasteiger partial charge in [-0.15, -0.1) is 11.3 Å². The summed E-state index contributed by atoms with van der Waals surface area (Å²) in [5.74, 6) is 0. The Morgan fingerprint density at radius 2 is 1.74 bits per heavy atom. The van der Waals surface area contributed by atoms with Crippen LogP contribution < -0.4 is 5.32 Å². The molecule has 0 fully saturated rings. The maximum atomic E-state index is 4.54. The van der Waals surface area contributed by atoms with Crippen molar-refractivity contribution in [3.8, 4) is 0 Å². The van der Waals surface area contributed by atoms with Crippen molar-refractivity contribution in [3.63, 3.8) is 0 Å². The normalized spacial score (nSPS) is 11.6. The van der Waals surface area contributed by atoms with Gasteiger partial charge in [-0.25, -0.2) is 4.98 Å². The smallest absolute Gasteiger partial charge is 0.112 e. The molecule has 0 bridgehead atoms. The van der Waals surface area contributed by atoms with Gasteiger partial charge in [-0.05, 0) is 37.0 Å². The van der Waals surface area contributed by atoms with Crippen LogP contribution in [-0.4, -0.2) is 4.98 Å². The predicted molar refractivity (Wildman–Crippen MR) is 84.1 cm³/mol. The number of nitrogens with zero attached hydrogens (tertiary/aromatic N) is 1. The van der Waals surface area contributed by atoms with Crippen molar-refractivity contribution >= 4 is 17.0 Å². The highest BCUT2D eigenvalue weighted by Gasteiger charge is 2.12. The lowest BCUT2D eigenvalue weighted by Gasteiger charge is -2.19. The molecule has 0 aliphatic carbocycles. The van der Waals surface area contributed by atoms with E-state index in [1.807, 2.05) is 0 Å². The quantitative estimate of drug-likeness (QED) is 0.879. The molecule has 0 amide bonds. The number of aryl methyl sites for hydroxylation is 2. The van der Waals surface area contributed by atoms with Crippen molar-refractivity contribution < 1.29 is 0 Å². The van der Waals surface area contributed by atoms with Crippen LogP contribution in [0.1, 0.15) is 41.9 Å². The van der Waals surface area contributed by atoms with Crippen LogP contribution in [0.2, 0.25) is 0 Å². The topological polar surface area (TPSA) is 24.9 Å². The Balaban J connectivity index is 2.00. The minimum atomic E-state index is 0.210. The van der Waals surface area contributed by atoms with Crippen molar-refractivity contribution in [2.45, 2.75) is 46.6 Å². The first-order valence-corrected chi connectivity index (χ1v) is 7.45. The van der Waals surface area contributed by atoms with Gasteiger partial charge in [0.25, 0.3) is 0 Å². The minimum Gasteiger partial charge on any atom is -0.379 e. The van der Waals surface area contributed by atoms with Gasteiger partial charge in [-0.3, -0.25) is 0 Å². The summed E-state index contributed by atoms with van der Waals surface area (Å²) in [4.78, 5) is 5.84. The van der Waals surface area contributed by atoms with Gasteiger partial charge in [-0.1, -0.05) is 32.9 Å². The second kappa shape index (κ2) is 5.33. The summed E-state index contributed by atoms with van der Waals surface area (Å²) in [6, 6.07) is 8.68. The molecule has 0 spiro atoms. The molecule has 1 aromatic carbocycles. The average Bonchev–Trinajstić information content (AvgIpc) is 2.66. The first kappa shape index (κ1) is 14.1. The Morgan fingerprint density at radius 1 is 1.11 bits per heavy atom. The van der Waals surface area contributed by atoms with Crippen molar-refractivity contribution in [3.05, 3.63) is 45.4 Å². The fourth-order valence-corrected chi connectivity index (χ4v) is 2.75. The molecule has 102 valence electrons. The van der Waals surface area contributed by atoms with Gasteiger partial charge in [0.15, 0.2) is 0 Å². The standard InChI is InChI=1S/C16H22N2S/c1-11-12(2)19-15(18-11)10-17-14-8-6-13(7-9-14)16(3,4)5/h6-9,17H,10H2,1-5H3. The molecule has 0 saturated carbocycles. The number of rotatable bonds is 3. The lowest BCUT2D eigenvalue weighted by Crippen LogP contribution is -2.10. The third kappa shape index (κ3) is 3.57. The number of anilines is 1. The monoisotopic (exact) mass is 274 g/mol. The summed E-state index contributed by atoms with van der Waals surface area (Å²) in [5, 5.41) is 4.58. The zero-order valence-electron chi connectivity index (χ0n) is 12.4. The number of benzene rings is 1. The highest BCUT2D eigenvalue weighted by Crippen LogP contribution is 2.24. The third-order valence-electron chi connectivity index (χ3n) is 3.27. The lowest BCUT2D eigenvalue weighted by atomic mass is 9.87. The SMILES string of the molecule is Cc1nc(CNc2ccc(C(C)(C)C)cc2)sc1C. The Bertz CT molecular complexity index is 528. The van der Waals surface area contributed by atoms with Crippen LogP contribution in [0, 0.1) is 13.8 Å². The molecule has 1 heterocycles. The molecule has 0 aliphatic rings. The van der Waals surface area contributed by atoms with Crippen LogP contribution in [0.5, 0.6) is 0 Å². The van der Waals surface area contributed by atoms with E-state index in [4.69, 9.17) is 0 Å². The Morgan fingerprint density at radius 3 is 2.21 bits per heavy atom. The summed E-state index contributed by atoms with van der Waals surface area (Å²) in [5.41, 5.74) is 3.87. The molecule has 2 rings (SSSR count). The molecule has 0 unspecified atom stereocenters. The first-order valence-electron chi connectivity index (χ1n) is 6.63. The maximum Gasteiger partial charge on any atom is 0.112 e. The van der Waals surface area contributed by atoms with E-state index < -0.39 is 0 Å². The van der Waals surface area contributed by atoms with E-state index in [9.17, 15) is 0 Å². The lowest BCUT2D eigenvalue weighted by molar-refractivity contribution is 0.590. The van der Waals surface area contributed by atoms with Crippen molar-refractivity contribution in [2.75, 3.05) is 5.32 Å². The highest BCUT2D eigenvalue weighted by atomic mass is 32.1. The molecule has 0 atom stereocenters. The zero-order chi connectivity index (χ0) is 14.0. The second-order valence-electron chi connectivity index (χ2n) is 5.93. The molecule has 2 aromatic rings. The number of hydrogen-bond acceptors (Lipinski definition) is 3. The Hall–Kier alpha value is -1.35. The number of aromatic nitrogens is 1. The van der Waals surface area contributed by atoms with Crippen molar-refractivity contribution in [1.29, 1.82) is 0 Å². The van der Waals surface area contributed by atoms with E-state index >= 15 is 0 Å². The molecule has 3 heteroatoms. The maximum absolute atomic E-state index is 4.54. The Kier molecular flexibility index (Phi) is 3.95. The summed E-state index contributed by atoms with van der Waals surface area (Å²) in [6.07, 6.45) is 0. The third-order valence-corrected chi connectivity index (χ3v) is 4.34. The van der Waals surface area contributed by atoms with Crippen LogP contribution in [0.3, 0.4) is 0 Å². The summed E-state index contributed by atoms with van der Waals surface area (Å²) in [6.45, 7) is 11.7. The van der Waals surface area contributed by atoms with Gasteiger partial charge >= 0.3 is 0 Å². The molecule has 2 nitrogen and oxygen atoms in total. The van der Waals surface area contributed by atoms with Crippen molar-refractivity contribution in [1.82, 2.24) is 4.98 Å². The minimum absolute atomic E-state index is 0.210. The van der Waals surface area contributed by atoms with E-state index in [-0.39, 0.29) is 5.41 Å². The van der Waals surface area contributed by atoms with Gasteiger partial charge in [0.2, 0.25) is 0 Å². The molecule has 0 aliphatic heterocycles. The fraction of sp³-hybridized carbons (Fsp3) is 0.438. The summed E-state index contributed by atoms with van der Waals surface area (Å²) in [7, 11) is 0. The van der Waals surface area contributed by atoms with Crippen LogP contribution in [0.25, 0.3) is 0 Å². The molecule has 0 radical (unpaired) electrons. The molecule has 19 heavy (non-hydrogen) atoms. The highest BCUT2D eigenvalue weighted by molar-refractivity contribution is 7.11. The van der Waals surface area contributed by atoms with Crippen molar-refractivity contribution in [2.24, 2.45) is 0 Å². The van der Waals surface area contributed by atoms with E-state index in [1.54, 1.807) is 11.3 Å². The summed E-state index contributed by atoms with van der Waals surface area (Å²) >= 11 is 1.77. The van der Waals surface area contributed by atoms with Crippen LogP contribution >= 0.6 is 11.3 Å². The number of nitrogens with one attached hydrogen (secondary N) is 1. The molecule has 1 N–H and O–H groups in total. The zero-order valence-corrected chi connectivity index (χ0v) is 13.2. The van der Waals surface area contributed by atoms with E-state index in [2.05, 4.69) is 69.2 Å². The number of hydrogen-bond donors (Lipinski definition) is 1. The molecular formula is C16H22N2S. The molecule has 1 aromatic heterocycles. The Labute approximate surface area is 119 Å². The summed E-state index contributed by atoms with van der Waals surface area (Å²) < 4.78 is 0. The van der Waals surface area contributed by atoms with Gasteiger partial charge < -0.3 is 5.32 Å². The molecule has 0 saturated heterocycles. The van der Waals surface area contributed by atoms with Crippen LogP contribution in [0.4, 0.5) is 5.69 Å². The average molecular weight is 274 g/mol. The molecular weight excluding hydrogens is 252 g/mol. The van der Waals surface area contributed by atoms with Gasteiger partial charge in [0, 0.05) is 10.6 Å². The van der Waals surface area contributed by atoms with Gasteiger partial charge in [0.05, 0.1) is 12.2 Å². The fourth-order valence-electron chi connectivity index (χ4n) is 1.88. The van der Waals surface area contributed by atoms with Crippen LogP contribution in [-0.2, 0) is 12.0 Å². The van der Waals surface area contributed by atoms with Crippen LogP contribution in [0.15, 0.2) is 24.3 Å². The second-order valence-corrected chi connectivity index (χ2v) is 7.22. The van der Waals surface area contributed by atoms with Gasteiger partial charge in [0.1, 0.15) is 5.01 Å². The largest absolute Gasteiger partial charge is 0.379 e.